The molecule has 6 aliphatic rings. The number of fused-ring (bicyclic) bond motifs is 7. The van der Waals surface area contributed by atoms with Gasteiger partial charge in [-0.05, 0) is 92.8 Å². The Labute approximate surface area is 233 Å². The van der Waals surface area contributed by atoms with Crippen molar-refractivity contribution in [2.24, 2.45) is 52.3 Å². The first-order valence-electron chi connectivity index (χ1n) is 17.6. The molecule has 5 heteroatoms. The van der Waals surface area contributed by atoms with Gasteiger partial charge in [-0.25, -0.2) is 0 Å². The van der Waals surface area contributed by atoms with Crippen molar-refractivity contribution in [3.63, 3.8) is 0 Å². The second-order valence-corrected chi connectivity index (χ2v) is 14.1. The molecule has 37 heavy (non-hydrogen) atoms. The summed E-state index contributed by atoms with van der Waals surface area (Å²) < 4.78 is 72.0. The van der Waals surface area contributed by atoms with Gasteiger partial charge < -0.3 is 24.1 Å². The fourth-order valence-corrected chi connectivity index (χ4v) is 10.5. The Kier molecular flexibility index (Phi) is 4.89. The molecule has 0 radical (unpaired) electrons. The first-order valence-corrected chi connectivity index (χ1v) is 14.6. The van der Waals surface area contributed by atoms with Gasteiger partial charge >= 0.3 is 0 Å². The minimum atomic E-state index is -2.75. The predicted molar refractivity (Wildman–Crippen MR) is 142 cm³/mol. The summed E-state index contributed by atoms with van der Waals surface area (Å²) in [5, 5.41) is 11.2. The maximum atomic E-state index is 11.2. The van der Waals surface area contributed by atoms with Crippen LogP contribution in [0.1, 0.15) is 101 Å². The Bertz CT molecular complexity index is 1120. The number of hydrogen-bond acceptors (Lipinski definition) is 5. The lowest BCUT2D eigenvalue weighted by molar-refractivity contribution is -0.300. The van der Waals surface area contributed by atoms with Gasteiger partial charge in [-0.1, -0.05) is 46.3 Å². The maximum Gasteiger partial charge on any atom is 0.172 e. The van der Waals surface area contributed by atoms with E-state index in [9.17, 15) is 5.11 Å². The van der Waals surface area contributed by atoms with Crippen LogP contribution in [0.25, 0.3) is 0 Å². The SMILES string of the molecule is [2H]C([2H])([2H])C(C#CC(O)[C@@H](C)[C@H]1CC[C@H]2[C@@H]3CC4(OCCO4)[C@H]4C[C@@H]5OC(C)(C)O[C@@H]5C[C@]4(C)[C@H]3CC[C@]12C)C([2H])([2H])[2H]. The summed E-state index contributed by atoms with van der Waals surface area (Å²) in [6.07, 6.45) is 5.88. The molecule has 0 aromatic carbocycles. The van der Waals surface area contributed by atoms with Crippen molar-refractivity contribution in [1.82, 2.24) is 0 Å². The maximum absolute atomic E-state index is 11.2. The summed E-state index contributed by atoms with van der Waals surface area (Å²) >= 11 is 0. The fraction of sp³-hybridized carbons (Fsp3) is 0.938. The standard InChI is InChI=1S/C32H50O5/c1-19(2)8-11-25(33)20(3)22-9-10-23-21-17-32(34-14-15-35-32)28-16-26-27(37-29(4,5)36-26)18-31(28,7)24(21)12-13-30(22,23)6/h19-28,33H,9-10,12-18H2,1-7H3/t20-,21-,22+,23-,24-,25?,26-,27+,28-,30+,31+/m0/s1/i1D3,2D3. The molecule has 1 spiro atoms. The molecule has 0 aromatic rings. The highest BCUT2D eigenvalue weighted by molar-refractivity contribution is 5.17. The second-order valence-electron chi connectivity index (χ2n) is 14.1. The lowest BCUT2D eigenvalue weighted by atomic mass is 9.42. The Morgan fingerprint density at radius 2 is 1.59 bits per heavy atom. The molecule has 4 aliphatic carbocycles. The second kappa shape index (κ2) is 8.93. The van der Waals surface area contributed by atoms with E-state index in [1.165, 1.54) is 0 Å². The van der Waals surface area contributed by atoms with Crippen LogP contribution in [-0.2, 0) is 18.9 Å². The van der Waals surface area contributed by atoms with Gasteiger partial charge in [0.25, 0.3) is 0 Å². The molecule has 208 valence electrons. The zero-order valence-electron chi connectivity index (χ0n) is 29.2. The van der Waals surface area contributed by atoms with Crippen molar-refractivity contribution in [3.05, 3.63) is 0 Å². The third kappa shape index (κ3) is 4.07. The van der Waals surface area contributed by atoms with Crippen molar-refractivity contribution in [1.29, 1.82) is 0 Å². The molecule has 0 aromatic heterocycles. The average molecular weight is 521 g/mol. The van der Waals surface area contributed by atoms with Crippen LogP contribution in [-0.4, -0.2) is 48.2 Å². The minimum absolute atomic E-state index is 0.00616. The highest BCUT2D eigenvalue weighted by Crippen LogP contribution is 2.71. The van der Waals surface area contributed by atoms with E-state index in [1.807, 2.05) is 20.8 Å². The molecular formula is C32H50O5. The molecule has 2 aliphatic heterocycles. The monoisotopic (exact) mass is 520 g/mol. The average Bonchev–Trinajstić information content (AvgIpc) is 3.55. The molecule has 11 atom stereocenters. The quantitative estimate of drug-likeness (QED) is 0.468. The topological polar surface area (TPSA) is 57.2 Å². The number of aliphatic hydroxyl groups excluding tert-OH is 1. The van der Waals surface area contributed by atoms with Crippen LogP contribution in [0.2, 0.25) is 0 Å². The van der Waals surface area contributed by atoms with E-state index >= 15 is 0 Å². The number of hydrogen-bond donors (Lipinski definition) is 1. The van der Waals surface area contributed by atoms with Gasteiger partial charge in [0.05, 0.1) is 25.4 Å². The van der Waals surface area contributed by atoms with E-state index < -0.39 is 37.3 Å². The number of ether oxygens (including phenoxy) is 4. The van der Waals surface area contributed by atoms with Gasteiger partial charge in [-0.2, -0.15) is 0 Å². The van der Waals surface area contributed by atoms with Crippen LogP contribution in [0.5, 0.6) is 0 Å². The zero-order valence-corrected chi connectivity index (χ0v) is 23.2. The van der Waals surface area contributed by atoms with E-state index in [4.69, 9.17) is 27.2 Å². The van der Waals surface area contributed by atoms with Gasteiger partial charge in [0.2, 0.25) is 0 Å². The van der Waals surface area contributed by atoms with E-state index in [-0.39, 0.29) is 40.8 Å². The van der Waals surface area contributed by atoms with Gasteiger partial charge in [-0.3, -0.25) is 0 Å². The van der Waals surface area contributed by atoms with Crippen molar-refractivity contribution in [2.75, 3.05) is 13.2 Å². The molecule has 2 saturated heterocycles. The third-order valence-electron chi connectivity index (χ3n) is 11.9. The van der Waals surface area contributed by atoms with Crippen molar-refractivity contribution in [3.8, 4) is 11.8 Å². The van der Waals surface area contributed by atoms with Gasteiger partial charge in [-0.15, -0.1) is 0 Å². The summed E-state index contributed by atoms with van der Waals surface area (Å²) in [5.74, 6) is 3.74. The van der Waals surface area contributed by atoms with Crippen molar-refractivity contribution in [2.45, 2.75) is 123 Å². The molecule has 6 fully saturated rings. The Morgan fingerprint density at radius 1 is 0.892 bits per heavy atom. The van der Waals surface area contributed by atoms with Crippen LogP contribution in [0.4, 0.5) is 0 Å². The van der Waals surface area contributed by atoms with Crippen LogP contribution >= 0.6 is 0 Å². The lowest BCUT2D eigenvalue weighted by Crippen LogP contribution is -2.65. The summed E-state index contributed by atoms with van der Waals surface area (Å²) in [4.78, 5) is 0. The summed E-state index contributed by atoms with van der Waals surface area (Å²) in [6.45, 7) is 6.57. The van der Waals surface area contributed by atoms with Crippen molar-refractivity contribution < 1.29 is 32.3 Å². The fourth-order valence-electron chi connectivity index (χ4n) is 10.5. The molecular weight excluding hydrogens is 464 g/mol. The Hall–Kier alpha value is -0.640. The largest absolute Gasteiger partial charge is 0.380 e. The lowest BCUT2D eigenvalue weighted by Gasteiger charge is -2.65. The molecule has 4 saturated carbocycles. The van der Waals surface area contributed by atoms with Crippen LogP contribution < -0.4 is 0 Å². The smallest absolute Gasteiger partial charge is 0.172 e. The van der Waals surface area contributed by atoms with Crippen molar-refractivity contribution >= 4 is 0 Å². The summed E-state index contributed by atoms with van der Waals surface area (Å²) in [6, 6.07) is 0. The normalized spacial score (nSPS) is 52.0. The molecule has 6 rings (SSSR count). The van der Waals surface area contributed by atoms with Gasteiger partial charge in [0.15, 0.2) is 11.6 Å². The van der Waals surface area contributed by atoms with Crippen LogP contribution in [0.15, 0.2) is 0 Å². The van der Waals surface area contributed by atoms with E-state index in [2.05, 4.69) is 25.7 Å². The Morgan fingerprint density at radius 3 is 2.32 bits per heavy atom. The number of rotatable bonds is 2. The number of aliphatic hydroxyl groups is 1. The van der Waals surface area contributed by atoms with E-state index in [1.54, 1.807) is 0 Å². The van der Waals surface area contributed by atoms with E-state index in [0.717, 1.165) is 44.9 Å². The summed E-state index contributed by atoms with van der Waals surface area (Å²) in [7, 11) is 0. The third-order valence-corrected chi connectivity index (χ3v) is 11.9. The Balaban J connectivity index is 1.26. The first-order chi connectivity index (χ1) is 19.8. The molecule has 0 bridgehead atoms. The molecule has 1 N–H and O–H groups in total. The van der Waals surface area contributed by atoms with Crippen LogP contribution in [0.3, 0.4) is 0 Å². The zero-order chi connectivity index (χ0) is 31.4. The first kappa shape index (κ1) is 20.3. The highest BCUT2D eigenvalue weighted by Gasteiger charge is 2.70. The van der Waals surface area contributed by atoms with Crippen LogP contribution in [0, 0.1) is 64.1 Å². The van der Waals surface area contributed by atoms with E-state index in [0.29, 0.717) is 31.0 Å². The molecule has 0 amide bonds. The molecule has 2 heterocycles. The van der Waals surface area contributed by atoms with Gasteiger partial charge in [0.1, 0.15) is 6.10 Å². The van der Waals surface area contributed by atoms with Gasteiger partial charge in [0, 0.05) is 26.5 Å². The molecule has 1 unspecified atom stereocenters. The highest BCUT2D eigenvalue weighted by atomic mass is 16.8. The summed E-state index contributed by atoms with van der Waals surface area (Å²) in [5.41, 5.74) is -0.0281. The predicted octanol–water partition coefficient (Wildman–Crippen LogP) is 5.78. The molecule has 5 nitrogen and oxygen atoms in total. The minimum Gasteiger partial charge on any atom is -0.380 e.